The van der Waals surface area contributed by atoms with Gasteiger partial charge >= 0.3 is 0 Å². The average Bonchev–Trinajstić information content (AvgIpc) is 3.56. The maximum atomic E-state index is 6.51. The molecule has 2 heterocycles. The van der Waals surface area contributed by atoms with Gasteiger partial charge in [0.1, 0.15) is 23.0 Å². The van der Waals surface area contributed by atoms with E-state index in [2.05, 4.69) is 60.7 Å². The van der Waals surface area contributed by atoms with Gasteiger partial charge in [-0.1, -0.05) is 121 Å². The van der Waals surface area contributed by atoms with E-state index in [1.807, 2.05) is 72.8 Å². The van der Waals surface area contributed by atoms with Crippen molar-refractivity contribution in [2.75, 3.05) is 0 Å². The predicted octanol–water partition coefficient (Wildman–Crippen LogP) is 9.21. The first-order valence-electron chi connectivity index (χ1n) is 11.4. The third-order valence-electron chi connectivity index (χ3n) is 5.94. The van der Waals surface area contributed by atoms with Gasteiger partial charge in [-0.05, 0) is 12.1 Å². The smallest absolute Gasteiger partial charge is 0.142 e. The van der Waals surface area contributed by atoms with Crippen molar-refractivity contribution < 1.29 is 8.83 Å². The minimum absolute atomic E-state index is 0.830. The average molecular weight is 439 g/mol. The Morgan fingerprint density at radius 1 is 0.324 bits per heavy atom. The molecule has 0 fully saturated rings. The summed E-state index contributed by atoms with van der Waals surface area (Å²) in [6, 6.07) is 45.2. The number of furan rings is 2. The normalized spacial score (nSPS) is 10.9. The lowest BCUT2D eigenvalue weighted by atomic mass is 9.98. The molecule has 6 aromatic rings. The van der Waals surface area contributed by atoms with Crippen molar-refractivity contribution in [1.82, 2.24) is 0 Å². The van der Waals surface area contributed by atoms with E-state index >= 15 is 0 Å². The van der Waals surface area contributed by atoms with Crippen LogP contribution in [0.3, 0.4) is 0 Å². The summed E-state index contributed by atoms with van der Waals surface area (Å²) < 4.78 is 13.0. The molecule has 0 saturated carbocycles. The molecular formula is C32H22O2. The summed E-state index contributed by atoms with van der Waals surface area (Å²) >= 11 is 0. The molecule has 2 heteroatoms. The van der Waals surface area contributed by atoms with Crippen molar-refractivity contribution >= 4 is 0 Å². The van der Waals surface area contributed by atoms with Gasteiger partial charge in [0.2, 0.25) is 0 Å². The molecule has 0 amide bonds. The summed E-state index contributed by atoms with van der Waals surface area (Å²) in [5, 5.41) is 0. The lowest BCUT2D eigenvalue weighted by molar-refractivity contribution is 0.595. The Bertz CT molecular complexity index is 1390. The van der Waals surface area contributed by atoms with E-state index in [1.54, 1.807) is 0 Å². The van der Waals surface area contributed by atoms with Crippen LogP contribution < -0.4 is 0 Å². The van der Waals surface area contributed by atoms with Gasteiger partial charge in [-0.3, -0.25) is 0 Å². The van der Waals surface area contributed by atoms with Crippen LogP contribution in [0.4, 0.5) is 0 Å². The number of hydrogen-bond acceptors (Lipinski definition) is 2. The fraction of sp³-hybridized carbons (Fsp3) is 0. The maximum absolute atomic E-state index is 6.51. The number of benzene rings is 4. The first kappa shape index (κ1) is 20.1. The molecule has 0 aliphatic carbocycles. The molecule has 0 radical (unpaired) electrons. The third-order valence-corrected chi connectivity index (χ3v) is 5.94. The monoisotopic (exact) mass is 438 g/mol. The molecule has 0 aliphatic rings. The van der Waals surface area contributed by atoms with Gasteiger partial charge in [0.25, 0.3) is 0 Å². The lowest BCUT2D eigenvalue weighted by Gasteiger charge is -2.04. The van der Waals surface area contributed by atoms with E-state index in [0.29, 0.717) is 0 Å². The molecule has 2 nitrogen and oxygen atoms in total. The maximum Gasteiger partial charge on any atom is 0.142 e. The Labute approximate surface area is 198 Å². The van der Waals surface area contributed by atoms with Gasteiger partial charge in [-0.2, -0.15) is 0 Å². The van der Waals surface area contributed by atoms with E-state index in [9.17, 15) is 0 Å². The van der Waals surface area contributed by atoms with Crippen LogP contribution in [0.15, 0.2) is 142 Å². The molecule has 34 heavy (non-hydrogen) atoms. The van der Waals surface area contributed by atoms with Crippen LogP contribution in [-0.4, -0.2) is 0 Å². The van der Waals surface area contributed by atoms with Crippen molar-refractivity contribution in [1.29, 1.82) is 0 Å². The SMILES string of the molecule is c1ccc(-c2cc(-c3cc(-c4ccccc4)oc3-c3ccccc3)c(-c3ccccc3)o2)cc1. The molecule has 0 saturated heterocycles. The van der Waals surface area contributed by atoms with Crippen LogP contribution in [0, 0.1) is 0 Å². The molecule has 0 bridgehead atoms. The van der Waals surface area contributed by atoms with Crippen molar-refractivity contribution in [3.05, 3.63) is 133 Å². The van der Waals surface area contributed by atoms with Crippen LogP contribution in [0.2, 0.25) is 0 Å². The Balaban J connectivity index is 1.61. The molecule has 0 spiro atoms. The highest BCUT2D eigenvalue weighted by Crippen LogP contribution is 2.45. The van der Waals surface area contributed by atoms with Gasteiger partial charge in [-0.15, -0.1) is 0 Å². The zero-order valence-corrected chi connectivity index (χ0v) is 18.5. The minimum atomic E-state index is 0.830. The largest absolute Gasteiger partial charge is 0.455 e. The summed E-state index contributed by atoms with van der Waals surface area (Å²) in [7, 11) is 0. The summed E-state index contributed by atoms with van der Waals surface area (Å²) in [5.74, 6) is 3.32. The van der Waals surface area contributed by atoms with Crippen molar-refractivity contribution in [2.24, 2.45) is 0 Å². The zero-order chi connectivity index (χ0) is 22.7. The number of hydrogen-bond donors (Lipinski definition) is 0. The van der Waals surface area contributed by atoms with Crippen LogP contribution in [0.25, 0.3) is 56.4 Å². The van der Waals surface area contributed by atoms with Crippen LogP contribution >= 0.6 is 0 Å². The Kier molecular flexibility index (Phi) is 5.17. The highest BCUT2D eigenvalue weighted by Gasteiger charge is 2.23. The second-order valence-electron chi connectivity index (χ2n) is 8.17. The van der Waals surface area contributed by atoms with Crippen molar-refractivity contribution in [3.8, 4) is 56.4 Å². The molecule has 2 aromatic heterocycles. The fourth-order valence-corrected chi connectivity index (χ4v) is 4.28. The van der Waals surface area contributed by atoms with Gasteiger partial charge in [0.05, 0.1) is 0 Å². The minimum Gasteiger partial charge on any atom is -0.455 e. The summed E-state index contributed by atoms with van der Waals surface area (Å²) in [6.07, 6.45) is 0. The third kappa shape index (κ3) is 3.76. The summed E-state index contributed by atoms with van der Waals surface area (Å²) in [4.78, 5) is 0. The molecule has 0 unspecified atom stereocenters. The van der Waals surface area contributed by atoms with Crippen molar-refractivity contribution in [2.45, 2.75) is 0 Å². The zero-order valence-electron chi connectivity index (χ0n) is 18.5. The fourth-order valence-electron chi connectivity index (χ4n) is 4.28. The van der Waals surface area contributed by atoms with E-state index in [0.717, 1.165) is 56.4 Å². The van der Waals surface area contributed by atoms with Gasteiger partial charge in [0, 0.05) is 33.4 Å². The van der Waals surface area contributed by atoms with E-state index in [-0.39, 0.29) is 0 Å². The second kappa shape index (κ2) is 8.76. The molecule has 0 atom stereocenters. The topological polar surface area (TPSA) is 26.3 Å². The molecule has 0 N–H and O–H groups in total. The second-order valence-corrected chi connectivity index (χ2v) is 8.17. The highest BCUT2D eigenvalue weighted by molar-refractivity contribution is 5.91. The van der Waals surface area contributed by atoms with Crippen LogP contribution in [-0.2, 0) is 0 Å². The van der Waals surface area contributed by atoms with Crippen LogP contribution in [0.5, 0.6) is 0 Å². The van der Waals surface area contributed by atoms with E-state index < -0.39 is 0 Å². The Morgan fingerprint density at radius 2 is 0.618 bits per heavy atom. The standard InChI is InChI=1S/C32H22O2/c1-5-13-23(14-6-1)29-21-27(31(33-29)25-17-9-3-10-18-25)28-22-30(24-15-7-2-8-16-24)34-32(28)26-19-11-4-12-20-26/h1-22H. The molecular weight excluding hydrogens is 416 g/mol. The first-order valence-corrected chi connectivity index (χ1v) is 11.4. The molecule has 4 aromatic carbocycles. The summed E-state index contributed by atoms with van der Waals surface area (Å²) in [6.45, 7) is 0. The predicted molar refractivity (Wildman–Crippen MR) is 138 cm³/mol. The van der Waals surface area contributed by atoms with Gasteiger partial charge in [0.15, 0.2) is 0 Å². The first-order chi connectivity index (χ1) is 16.9. The Morgan fingerprint density at radius 3 is 0.941 bits per heavy atom. The van der Waals surface area contributed by atoms with E-state index in [4.69, 9.17) is 8.83 Å². The van der Waals surface area contributed by atoms with E-state index in [1.165, 1.54) is 0 Å². The Hall–Kier alpha value is -4.56. The molecule has 6 rings (SSSR count). The summed E-state index contributed by atoms with van der Waals surface area (Å²) in [5.41, 5.74) is 6.16. The quantitative estimate of drug-likeness (QED) is 0.268. The van der Waals surface area contributed by atoms with Gasteiger partial charge in [-0.25, -0.2) is 0 Å². The van der Waals surface area contributed by atoms with Crippen LogP contribution in [0.1, 0.15) is 0 Å². The molecule has 162 valence electrons. The highest BCUT2D eigenvalue weighted by atomic mass is 16.3. The van der Waals surface area contributed by atoms with Crippen molar-refractivity contribution in [3.63, 3.8) is 0 Å². The number of rotatable bonds is 5. The lowest BCUT2D eigenvalue weighted by Crippen LogP contribution is -1.81. The van der Waals surface area contributed by atoms with Gasteiger partial charge < -0.3 is 8.83 Å². The molecule has 0 aliphatic heterocycles.